The molecule has 1 amide bonds. The van der Waals surface area contributed by atoms with Crippen LogP contribution in [0.3, 0.4) is 0 Å². The Morgan fingerprint density at radius 1 is 0.912 bits per heavy atom. The number of amides is 1. The van der Waals surface area contributed by atoms with E-state index in [-0.39, 0.29) is 18.3 Å². The van der Waals surface area contributed by atoms with Crippen LogP contribution in [-0.4, -0.2) is 74.6 Å². The Morgan fingerprint density at radius 3 is 2.35 bits per heavy atom. The van der Waals surface area contributed by atoms with Gasteiger partial charge in [0, 0.05) is 25.7 Å². The van der Waals surface area contributed by atoms with E-state index >= 15 is 0 Å². The van der Waals surface area contributed by atoms with Gasteiger partial charge in [-0.25, -0.2) is 0 Å². The molecule has 5 nitrogen and oxygen atoms in total. The maximum absolute atomic E-state index is 12.9. The molecular weight excluding hydrogens is 444 g/mol. The van der Waals surface area contributed by atoms with E-state index in [1.165, 1.54) is 43.0 Å². The molecule has 2 aliphatic rings. The number of nitrogens with zero attached hydrogens (tertiary/aromatic N) is 2. The zero-order chi connectivity index (χ0) is 22.9. The Balaban J connectivity index is 0.00000324. The van der Waals surface area contributed by atoms with Crippen LogP contribution >= 0.6 is 12.4 Å². The first-order valence-corrected chi connectivity index (χ1v) is 13.1. The second kappa shape index (κ2) is 14.0. The summed E-state index contributed by atoms with van der Waals surface area (Å²) in [5.74, 6) is 0.969. The van der Waals surface area contributed by atoms with E-state index in [1.54, 1.807) is 0 Å². The van der Waals surface area contributed by atoms with Crippen molar-refractivity contribution in [2.24, 2.45) is 5.92 Å². The second-order valence-corrected chi connectivity index (χ2v) is 10.0. The molecule has 34 heavy (non-hydrogen) atoms. The van der Waals surface area contributed by atoms with Crippen molar-refractivity contribution in [3.05, 3.63) is 48.0 Å². The van der Waals surface area contributed by atoms with Crippen LogP contribution in [0.5, 0.6) is 0 Å². The van der Waals surface area contributed by atoms with Crippen LogP contribution in [0.2, 0.25) is 0 Å². The minimum absolute atomic E-state index is 0. The molecule has 0 unspecified atom stereocenters. The molecule has 2 aromatic carbocycles. The summed E-state index contributed by atoms with van der Waals surface area (Å²) in [6.07, 6.45) is 7.91. The van der Waals surface area contributed by atoms with E-state index in [9.17, 15) is 4.79 Å². The molecule has 0 aliphatic carbocycles. The van der Waals surface area contributed by atoms with Gasteiger partial charge in [-0.15, -0.1) is 12.4 Å². The lowest BCUT2D eigenvalue weighted by Crippen LogP contribution is -2.41. The van der Waals surface area contributed by atoms with Crippen LogP contribution in [-0.2, 0) is 11.2 Å². The monoisotopic (exact) mass is 486 g/mol. The molecule has 188 valence electrons. The van der Waals surface area contributed by atoms with Gasteiger partial charge in [-0.05, 0) is 94.0 Å². The Bertz CT molecular complexity index is 878. The molecular formula is C28H43ClN4O. The topological polar surface area (TPSA) is 47.6 Å². The van der Waals surface area contributed by atoms with Crippen molar-refractivity contribution in [1.29, 1.82) is 0 Å². The third-order valence-electron chi connectivity index (χ3n) is 7.63. The number of rotatable bonds is 11. The summed E-state index contributed by atoms with van der Waals surface area (Å²) in [6, 6.07) is 15.4. The number of piperidine rings is 1. The molecule has 2 fully saturated rings. The molecule has 0 radical (unpaired) electrons. The molecule has 0 bridgehead atoms. The van der Waals surface area contributed by atoms with Crippen molar-refractivity contribution in [2.45, 2.75) is 51.0 Å². The van der Waals surface area contributed by atoms with Crippen LogP contribution in [0.1, 0.15) is 44.1 Å². The Hall–Kier alpha value is -1.66. The van der Waals surface area contributed by atoms with Gasteiger partial charge in [0.1, 0.15) is 0 Å². The van der Waals surface area contributed by atoms with Crippen molar-refractivity contribution >= 4 is 29.1 Å². The standard InChI is InChI=1S/C28H42N4O.ClH/c1-31-17-7-11-26(31)22-30-16-5-4-15-29-21-23-13-18-32(19-14-23)28(33)20-25-10-6-9-24-8-2-3-12-27(24)25;/h2-3,6,8-10,12,23,26,29-30H,4-5,7,11,13-22H2,1H3;1H/t26-;/m0./s1. The normalized spacial score (nSPS) is 19.4. The van der Waals surface area contributed by atoms with Gasteiger partial charge < -0.3 is 20.4 Å². The number of hydrogen-bond acceptors (Lipinski definition) is 4. The van der Waals surface area contributed by atoms with Gasteiger partial charge >= 0.3 is 0 Å². The number of benzene rings is 2. The van der Waals surface area contributed by atoms with Crippen LogP contribution in [0.25, 0.3) is 10.8 Å². The number of halogens is 1. The van der Waals surface area contributed by atoms with Crippen molar-refractivity contribution in [3.63, 3.8) is 0 Å². The first kappa shape index (κ1) is 26.9. The Morgan fingerprint density at radius 2 is 1.62 bits per heavy atom. The molecule has 2 aliphatic heterocycles. The fraction of sp³-hybridized carbons (Fsp3) is 0.607. The molecule has 0 spiro atoms. The molecule has 0 saturated carbocycles. The van der Waals surface area contributed by atoms with Crippen molar-refractivity contribution < 1.29 is 4.79 Å². The highest BCUT2D eigenvalue weighted by Crippen LogP contribution is 2.21. The summed E-state index contributed by atoms with van der Waals surface area (Å²) in [7, 11) is 2.24. The Labute approximate surface area is 212 Å². The zero-order valence-electron chi connectivity index (χ0n) is 20.8. The predicted molar refractivity (Wildman–Crippen MR) is 145 cm³/mol. The molecule has 2 heterocycles. The number of hydrogen-bond donors (Lipinski definition) is 2. The van der Waals surface area contributed by atoms with Crippen molar-refractivity contribution in [2.75, 3.05) is 52.9 Å². The summed E-state index contributed by atoms with van der Waals surface area (Å²) in [4.78, 5) is 17.5. The SMILES string of the molecule is CN1CCC[C@H]1CNCCCCNCC1CCN(C(=O)Cc2cccc3ccccc23)CC1.Cl. The van der Waals surface area contributed by atoms with E-state index in [1.807, 2.05) is 0 Å². The molecule has 1 atom stereocenters. The number of carbonyl (C=O) groups is 1. The van der Waals surface area contributed by atoms with Gasteiger partial charge in [0.05, 0.1) is 6.42 Å². The average molecular weight is 487 g/mol. The third-order valence-corrected chi connectivity index (χ3v) is 7.63. The third kappa shape index (κ3) is 7.67. The Kier molecular flexibility index (Phi) is 11.1. The smallest absolute Gasteiger partial charge is 0.227 e. The zero-order valence-corrected chi connectivity index (χ0v) is 21.6. The van der Waals surface area contributed by atoms with Gasteiger partial charge in [-0.1, -0.05) is 42.5 Å². The fourth-order valence-electron chi connectivity index (χ4n) is 5.42. The summed E-state index contributed by atoms with van der Waals surface area (Å²) in [5.41, 5.74) is 1.15. The molecule has 6 heteroatoms. The number of fused-ring (bicyclic) bond motifs is 1. The lowest BCUT2D eigenvalue weighted by molar-refractivity contribution is -0.131. The van der Waals surface area contributed by atoms with Crippen LogP contribution in [0.15, 0.2) is 42.5 Å². The molecule has 2 aromatic rings. The minimum Gasteiger partial charge on any atom is -0.342 e. The van der Waals surface area contributed by atoms with Crippen molar-refractivity contribution in [1.82, 2.24) is 20.4 Å². The van der Waals surface area contributed by atoms with E-state index in [0.717, 1.165) is 63.7 Å². The highest BCUT2D eigenvalue weighted by atomic mass is 35.5. The first-order chi connectivity index (χ1) is 16.2. The summed E-state index contributed by atoms with van der Waals surface area (Å²) in [6.45, 7) is 7.51. The van der Waals surface area contributed by atoms with Crippen LogP contribution < -0.4 is 10.6 Å². The maximum atomic E-state index is 12.9. The quantitative estimate of drug-likeness (QED) is 0.469. The number of likely N-dealkylation sites (tertiary alicyclic amines) is 2. The van der Waals surface area contributed by atoms with Crippen LogP contribution in [0.4, 0.5) is 0 Å². The number of unbranched alkanes of at least 4 members (excludes halogenated alkanes) is 1. The highest BCUT2D eigenvalue weighted by molar-refractivity contribution is 5.90. The van der Waals surface area contributed by atoms with E-state index in [2.05, 4.69) is 69.9 Å². The number of nitrogens with one attached hydrogen (secondary N) is 2. The van der Waals surface area contributed by atoms with Gasteiger partial charge in [-0.2, -0.15) is 0 Å². The number of likely N-dealkylation sites (N-methyl/N-ethyl adjacent to an activating group) is 1. The van der Waals surface area contributed by atoms with E-state index in [4.69, 9.17) is 0 Å². The minimum atomic E-state index is 0. The fourth-order valence-corrected chi connectivity index (χ4v) is 5.42. The highest BCUT2D eigenvalue weighted by Gasteiger charge is 2.23. The summed E-state index contributed by atoms with van der Waals surface area (Å²) >= 11 is 0. The van der Waals surface area contributed by atoms with E-state index < -0.39 is 0 Å². The van der Waals surface area contributed by atoms with Crippen molar-refractivity contribution in [3.8, 4) is 0 Å². The van der Waals surface area contributed by atoms with Gasteiger partial charge in [-0.3, -0.25) is 4.79 Å². The van der Waals surface area contributed by atoms with E-state index in [0.29, 0.717) is 12.3 Å². The second-order valence-electron chi connectivity index (χ2n) is 10.0. The van der Waals surface area contributed by atoms with Gasteiger partial charge in [0.25, 0.3) is 0 Å². The van der Waals surface area contributed by atoms with Gasteiger partial charge in [0.15, 0.2) is 0 Å². The maximum Gasteiger partial charge on any atom is 0.227 e. The summed E-state index contributed by atoms with van der Waals surface area (Å²) < 4.78 is 0. The lowest BCUT2D eigenvalue weighted by atomic mass is 9.95. The molecule has 4 rings (SSSR count). The molecule has 0 aromatic heterocycles. The summed E-state index contributed by atoms with van der Waals surface area (Å²) in [5, 5.41) is 9.71. The molecule has 2 saturated heterocycles. The first-order valence-electron chi connectivity index (χ1n) is 13.1. The lowest BCUT2D eigenvalue weighted by Gasteiger charge is -2.32. The van der Waals surface area contributed by atoms with Crippen LogP contribution in [0, 0.1) is 5.92 Å². The van der Waals surface area contributed by atoms with Gasteiger partial charge in [0.2, 0.25) is 5.91 Å². The molecule has 2 N–H and O–H groups in total. The largest absolute Gasteiger partial charge is 0.342 e. The average Bonchev–Trinajstić information content (AvgIpc) is 3.26. The predicted octanol–water partition coefficient (Wildman–Crippen LogP) is 4.10. The number of carbonyl (C=O) groups excluding carboxylic acids is 1.